The van der Waals surface area contributed by atoms with Crippen molar-refractivity contribution in [2.24, 2.45) is 11.8 Å². The first-order chi connectivity index (χ1) is 7.34. The van der Waals surface area contributed by atoms with Gasteiger partial charge in [-0.05, 0) is 25.2 Å². The van der Waals surface area contributed by atoms with Crippen molar-refractivity contribution >= 4 is 11.9 Å². The van der Waals surface area contributed by atoms with E-state index in [2.05, 4.69) is 0 Å². The average Bonchev–Trinajstić information content (AvgIpc) is 2.17. The molecule has 0 saturated heterocycles. The van der Waals surface area contributed by atoms with Crippen molar-refractivity contribution in [2.75, 3.05) is 0 Å². The van der Waals surface area contributed by atoms with Crippen LogP contribution in [0.25, 0.3) is 0 Å². The van der Waals surface area contributed by atoms with Crippen molar-refractivity contribution in [3.05, 3.63) is 0 Å². The van der Waals surface area contributed by atoms with E-state index in [-0.39, 0.29) is 5.92 Å². The lowest BCUT2D eigenvalue weighted by atomic mass is 10.1. The van der Waals surface area contributed by atoms with E-state index in [4.69, 9.17) is 10.2 Å². The number of carbonyl (C=O) groups is 2. The summed E-state index contributed by atoms with van der Waals surface area (Å²) in [5, 5.41) is 16.5. The molecule has 0 amide bonds. The molecule has 0 aliphatic carbocycles. The Bertz CT molecular complexity index is 195. The van der Waals surface area contributed by atoms with Gasteiger partial charge in [0.15, 0.2) is 0 Å². The van der Waals surface area contributed by atoms with Crippen LogP contribution in [0.2, 0.25) is 0 Å². The van der Waals surface area contributed by atoms with E-state index in [0.29, 0.717) is 12.3 Å². The maximum absolute atomic E-state index is 10.2. The first-order valence-corrected chi connectivity index (χ1v) is 5.79. The highest BCUT2D eigenvalue weighted by molar-refractivity contribution is 5.69. The van der Waals surface area contributed by atoms with Crippen LogP contribution < -0.4 is 0 Å². The standard InChI is InChI=1S/2C6H12O2/c1-5(2)3-4-6(7)8;1-3-5(4-2)6(7)8/h2*5H,3-4H2,1-2H3,(H,7,8). The lowest BCUT2D eigenvalue weighted by molar-refractivity contribution is -0.142. The van der Waals surface area contributed by atoms with Gasteiger partial charge in [0.2, 0.25) is 0 Å². The van der Waals surface area contributed by atoms with Gasteiger partial charge in [-0.25, -0.2) is 0 Å². The zero-order chi connectivity index (χ0) is 13.1. The van der Waals surface area contributed by atoms with Crippen LogP contribution in [0.15, 0.2) is 0 Å². The lowest BCUT2D eigenvalue weighted by Gasteiger charge is -2.02. The zero-order valence-electron chi connectivity index (χ0n) is 10.7. The molecule has 0 aromatic carbocycles. The molecule has 0 heterocycles. The van der Waals surface area contributed by atoms with E-state index < -0.39 is 11.9 Å². The monoisotopic (exact) mass is 232 g/mol. The van der Waals surface area contributed by atoms with Gasteiger partial charge in [-0.2, -0.15) is 0 Å². The lowest BCUT2D eigenvalue weighted by Crippen LogP contribution is -2.10. The quantitative estimate of drug-likeness (QED) is 0.738. The van der Waals surface area contributed by atoms with E-state index in [9.17, 15) is 9.59 Å². The Kier molecular flexibility index (Phi) is 11.3. The molecule has 0 aliphatic rings. The minimum absolute atomic E-state index is 0.130. The molecule has 0 saturated carbocycles. The molecule has 0 atom stereocenters. The molecule has 96 valence electrons. The minimum Gasteiger partial charge on any atom is -0.481 e. The second kappa shape index (κ2) is 10.5. The zero-order valence-corrected chi connectivity index (χ0v) is 10.7. The molecular formula is C12H24O4. The van der Waals surface area contributed by atoms with Crippen LogP contribution in [-0.2, 0) is 9.59 Å². The number of hydrogen-bond donors (Lipinski definition) is 2. The highest BCUT2D eigenvalue weighted by atomic mass is 16.4. The van der Waals surface area contributed by atoms with Gasteiger partial charge in [0, 0.05) is 6.42 Å². The predicted octanol–water partition coefficient (Wildman–Crippen LogP) is 3.01. The normalized spacial score (nSPS) is 9.88. The summed E-state index contributed by atoms with van der Waals surface area (Å²) in [6.45, 7) is 7.82. The molecule has 0 unspecified atom stereocenters. The van der Waals surface area contributed by atoms with E-state index in [1.807, 2.05) is 27.7 Å². The minimum atomic E-state index is -0.696. The summed E-state index contributed by atoms with van der Waals surface area (Å²) in [6.07, 6.45) is 2.57. The van der Waals surface area contributed by atoms with E-state index >= 15 is 0 Å². The van der Waals surface area contributed by atoms with Crippen molar-refractivity contribution in [2.45, 2.75) is 53.4 Å². The Morgan fingerprint density at radius 2 is 1.50 bits per heavy atom. The van der Waals surface area contributed by atoms with Crippen LogP contribution in [0.4, 0.5) is 0 Å². The van der Waals surface area contributed by atoms with Crippen molar-refractivity contribution in [3.63, 3.8) is 0 Å². The third-order valence-corrected chi connectivity index (χ3v) is 2.27. The Hall–Kier alpha value is -1.06. The molecule has 0 aromatic heterocycles. The molecule has 0 aliphatic heterocycles. The summed E-state index contributed by atoms with van der Waals surface area (Å²) >= 11 is 0. The fourth-order valence-electron chi connectivity index (χ4n) is 1.05. The maximum Gasteiger partial charge on any atom is 0.306 e. The summed E-state index contributed by atoms with van der Waals surface area (Å²) in [5.74, 6) is -0.991. The van der Waals surface area contributed by atoms with Gasteiger partial charge in [-0.1, -0.05) is 27.7 Å². The van der Waals surface area contributed by atoms with Crippen LogP contribution in [0, 0.1) is 11.8 Å². The SMILES string of the molecule is CC(C)CCC(=O)O.CCC(CC)C(=O)O. The highest BCUT2D eigenvalue weighted by Gasteiger charge is 2.10. The van der Waals surface area contributed by atoms with E-state index in [1.54, 1.807) is 0 Å². The van der Waals surface area contributed by atoms with Gasteiger partial charge >= 0.3 is 11.9 Å². The third kappa shape index (κ3) is 12.9. The Morgan fingerprint density at radius 1 is 1.06 bits per heavy atom. The van der Waals surface area contributed by atoms with Crippen LogP contribution >= 0.6 is 0 Å². The Balaban J connectivity index is 0. The summed E-state index contributed by atoms with van der Waals surface area (Å²) in [5.41, 5.74) is 0. The summed E-state index contributed by atoms with van der Waals surface area (Å²) in [7, 11) is 0. The third-order valence-electron chi connectivity index (χ3n) is 2.27. The number of carboxylic acids is 2. The van der Waals surface area contributed by atoms with Crippen molar-refractivity contribution in [1.29, 1.82) is 0 Å². The molecule has 0 aromatic rings. The van der Waals surface area contributed by atoms with Crippen molar-refractivity contribution in [1.82, 2.24) is 0 Å². The summed E-state index contributed by atoms with van der Waals surface area (Å²) < 4.78 is 0. The molecule has 0 rings (SSSR count). The van der Waals surface area contributed by atoms with Crippen molar-refractivity contribution in [3.8, 4) is 0 Å². The number of carboxylic acid groups (broad SMARTS) is 2. The first kappa shape index (κ1) is 17.3. The molecule has 0 spiro atoms. The van der Waals surface area contributed by atoms with Gasteiger partial charge in [-0.15, -0.1) is 0 Å². The number of rotatable bonds is 6. The molecule has 0 radical (unpaired) electrons. The Labute approximate surface area is 97.7 Å². The van der Waals surface area contributed by atoms with Gasteiger partial charge < -0.3 is 10.2 Å². The van der Waals surface area contributed by atoms with Crippen LogP contribution in [0.3, 0.4) is 0 Å². The highest BCUT2D eigenvalue weighted by Crippen LogP contribution is 2.05. The topological polar surface area (TPSA) is 74.6 Å². The molecule has 4 heteroatoms. The maximum atomic E-state index is 10.2. The summed E-state index contributed by atoms with van der Waals surface area (Å²) in [4.78, 5) is 20.1. The molecule has 0 fully saturated rings. The molecule has 0 bridgehead atoms. The molecule has 4 nitrogen and oxygen atoms in total. The molecule has 2 N–H and O–H groups in total. The molecule has 16 heavy (non-hydrogen) atoms. The van der Waals surface area contributed by atoms with Crippen LogP contribution in [-0.4, -0.2) is 22.2 Å². The fraction of sp³-hybridized carbons (Fsp3) is 0.833. The summed E-state index contributed by atoms with van der Waals surface area (Å²) in [6, 6.07) is 0. The van der Waals surface area contributed by atoms with Crippen LogP contribution in [0.5, 0.6) is 0 Å². The van der Waals surface area contributed by atoms with Gasteiger partial charge in [0.1, 0.15) is 0 Å². The first-order valence-electron chi connectivity index (χ1n) is 5.79. The van der Waals surface area contributed by atoms with Gasteiger partial charge in [-0.3, -0.25) is 9.59 Å². The largest absolute Gasteiger partial charge is 0.481 e. The average molecular weight is 232 g/mol. The van der Waals surface area contributed by atoms with Crippen LogP contribution in [0.1, 0.15) is 53.4 Å². The molecular weight excluding hydrogens is 208 g/mol. The van der Waals surface area contributed by atoms with Gasteiger partial charge in [0.05, 0.1) is 5.92 Å². The predicted molar refractivity (Wildman–Crippen MR) is 63.4 cm³/mol. The second-order valence-electron chi connectivity index (χ2n) is 4.18. The Morgan fingerprint density at radius 3 is 1.56 bits per heavy atom. The smallest absolute Gasteiger partial charge is 0.306 e. The van der Waals surface area contributed by atoms with Gasteiger partial charge in [0.25, 0.3) is 0 Å². The van der Waals surface area contributed by atoms with E-state index in [0.717, 1.165) is 19.3 Å². The number of aliphatic carboxylic acids is 2. The van der Waals surface area contributed by atoms with Crippen molar-refractivity contribution < 1.29 is 19.8 Å². The number of hydrogen-bond acceptors (Lipinski definition) is 2. The fourth-order valence-corrected chi connectivity index (χ4v) is 1.05. The second-order valence-corrected chi connectivity index (χ2v) is 4.18. The van der Waals surface area contributed by atoms with E-state index in [1.165, 1.54) is 0 Å².